The van der Waals surface area contributed by atoms with Crippen molar-refractivity contribution in [2.45, 2.75) is 19.9 Å². The molecular formula is C14H18N2O2S. The minimum absolute atomic E-state index is 0.00121. The molecule has 1 aromatic rings. The van der Waals surface area contributed by atoms with Gasteiger partial charge in [0.25, 0.3) is 5.24 Å². The molecule has 19 heavy (non-hydrogen) atoms. The monoisotopic (exact) mass is 278 g/mol. The van der Waals surface area contributed by atoms with E-state index in [0.29, 0.717) is 6.54 Å². The number of thioether (sulfide) groups is 1. The number of amides is 2. The van der Waals surface area contributed by atoms with Crippen LogP contribution in [-0.4, -0.2) is 34.9 Å². The Balaban J connectivity index is 1.92. The molecule has 102 valence electrons. The third-order valence-corrected chi connectivity index (χ3v) is 4.10. The number of rotatable bonds is 4. The SMILES string of the molecule is Cc1ccccc1[C@@H](C)NC(=O)CN1CCSC1=O. The summed E-state index contributed by atoms with van der Waals surface area (Å²) < 4.78 is 0. The van der Waals surface area contributed by atoms with E-state index in [0.717, 1.165) is 16.9 Å². The van der Waals surface area contributed by atoms with Gasteiger partial charge in [0.15, 0.2) is 0 Å². The summed E-state index contributed by atoms with van der Waals surface area (Å²) in [5.74, 6) is 0.672. The summed E-state index contributed by atoms with van der Waals surface area (Å²) in [5.41, 5.74) is 2.26. The van der Waals surface area contributed by atoms with Gasteiger partial charge in [0.2, 0.25) is 5.91 Å². The second-order valence-electron chi connectivity index (χ2n) is 4.68. The van der Waals surface area contributed by atoms with Crippen LogP contribution in [0.4, 0.5) is 4.79 Å². The molecule has 0 radical (unpaired) electrons. The Morgan fingerprint density at radius 1 is 1.47 bits per heavy atom. The van der Waals surface area contributed by atoms with Gasteiger partial charge in [0, 0.05) is 12.3 Å². The van der Waals surface area contributed by atoms with E-state index in [1.807, 2.05) is 38.1 Å². The van der Waals surface area contributed by atoms with Crippen LogP contribution in [0.5, 0.6) is 0 Å². The minimum Gasteiger partial charge on any atom is -0.348 e. The van der Waals surface area contributed by atoms with E-state index in [1.165, 1.54) is 11.8 Å². The fourth-order valence-corrected chi connectivity index (χ4v) is 3.00. The Kier molecular flexibility index (Phi) is 4.47. The average molecular weight is 278 g/mol. The van der Waals surface area contributed by atoms with Crippen LogP contribution in [0.2, 0.25) is 0 Å². The smallest absolute Gasteiger partial charge is 0.282 e. The Hall–Kier alpha value is -1.49. The van der Waals surface area contributed by atoms with Crippen LogP contribution in [-0.2, 0) is 4.79 Å². The molecule has 4 nitrogen and oxygen atoms in total. The van der Waals surface area contributed by atoms with E-state index in [2.05, 4.69) is 5.32 Å². The molecule has 1 aliphatic rings. The number of nitrogens with one attached hydrogen (secondary N) is 1. The molecule has 0 aromatic heterocycles. The zero-order chi connectivity index (χ0) is 13.8. The van der Waals surface area contributed by atoms with Crippen molar-refractivity contribution in [1.82, 2.24) is 10.2 Å². The van der Waals surface area contributed by atoms with Crippen LogP contribution in [0, 0.1) is 6.92 Å². The second kappa shape index (κ2) is 6.10. The first kappa shape index (κ1) is 13.9. The van der Waals surface area contributed by atoms with E-state index < -0.39 is 0 Å². The fourth-order valence-electron chi connectivity index (χ4n) is 2.18. The molecule has 0 bridgehead atoms. The molecule has 2 rings (SSSR count). The zero-order valence-electron chi connectivity index (χ0n) is 11.2. The van der Waals surface area contributed by atoms with Crippen molar-refractivity contribution >= 4 is 22.9 Å². The molecule has 1 aromatic carbocycles. The summed E-state index contributed by atoms with van der Waals surface area (Å²) in [6, 6.07) is 7.94. The predicted octanol–water partition coefficient (Wildman–Crippen LogP) is 2.34. The Labute approximate surface area is 117 Å². The van der Waals surface area contributed by atoms with E-state index in [-0.39, 0.29) is 23.7 Å². The van der Waals surface area contributed by atoms with E-state index in [4.69, 9.17) is 0 Å². The summed E-state index contributed by atoms with van der Waals surface area (Å²) >= 11 is 1.27. The molecule has 1 aliphatic heterocycles. The topological polar surface area (TPSA) is 49.4 Å². The molecule has 5 heteroatoms. The lowest BCUT2D eigenvalue weighted by atomic mass is 10.0. The number of hydrogen-bond acceptors (Lipinski definition) is 3. The van der Waals surface area contributed by atoms with Crippen molar-refractivity contribution in [2.75, 3.05) is 18.8 Å². The van der Waals surface area contributed by atoms with Gasteiger partial charge >= 0.3 is 0 Å². The average Bonchev–Trinajstić information content (AvgIpc) is 2.75. The highest BCUT2D eigenvalue weighted by molar-refractivity contribution is 8.13. The molecule has 0 spiro atoms. The van der Waals surface area contributed by atoms with Gasteiger partial charge in [-0.3, -0.25) is 9.59 Å². The number of nitrogens with zero attached hydrogens (tertiary/aromatic N) is 1. The Morgan fingerprint density at radius 3 is 2.84 bits per heavy atom. The summed E-state index contributed by atoms with van der Waals surface area (Å²) in [7, 11) is 0. The molecule has 1 N–H and O–H groups in total. The van der Waals surface area contributed by atoms with Gasteiger partial charge in [-0.15, -0.1) is 0 Å². The first-order valence-electron chi connectivity index (χ1n) is 6.34. The van der Waals surface area contributed by atoms with Gasteiger partial charge in [0.1, 0.15) is 6.54 Å². The van der Waals surface area contributed by atoms with Crippen molar-refractivity contribution in [3.63, 3.8) is 0 Å². The third kappa shape index (κ3) is 3.50. The van der Waals surface area contributed by atoms with Crippen LogP contribution >= 0.6 is 11.8 Å². The van der Waals surface area contributed by atoms with E-state index in [9.17, 15) is 9.59 Å². The second-order valence-corrected chi connectivity index (χ2v) is 5.73. The summed E-state index contributed by atoms with van der Waals surface area (Å²) in [5, 5.41) is 2.94. The highest BCUT2D eigenvalue weighted by Gasteiger charge is 2.23. The van der Waals surface area contributed by atoms with Gasteiger partial charge in [-0.25, -0.2) is 0 Å². The molecule has 0 unspecified atom stereocenters. The fraction of sp³-hybridized carbons (Fsp3) is 0.429. The first-order chi connectivity index (χ1) is 9.08. The highest BCUT2D eigenvalue weighted by atomic mass is 32.2. The maximum atomic E-state index is 11.9. The first-order valence-corrected chi connectivity index (χ1v) is 7.33. The van der Waals surface area contributed by atoms with Gasteiger partial charge < -0.3 is 10.2 Å². The lowest BCUT2D eigenvalue weighted by Crippen LogP contribution is -2.38. The van der Waals surface area contributed by atoms with Crippen LogP contribution in [0.3, 0.4) is 0 Å². The van der Waals surface area contributed by atoms with Gasteiger partial charge in [-0.05, 0) is 25.0 Å². The van der Waals surface area contributed by atoms with Crippen molar-refractivity contribution in [3.05, 3.63) is 35.4 Å². The van der Waals surface area contributed by atoms with Gasteiger partial charge in [0.05, 0.1) is 6.04 Å². The molecule has 0 aliphatic carbocycles. The van der Waals surface area contributed by atoms with Crippen molar-refractivity contribution in [3.8, 4) is 0 Å². The highest BCUT2D eigenvalue weighted by Crippen LogP contribution is 2.18. The molecule has 2 amide bonds. The zero-order valence-corrected chi connectivity index (χ0v) is 12.0. The van der Waals surface area contributed by atoms with Crippen molar-refractivity contribution in [1.29, 1.82) is 0 Å². The van der Waals surface area contributed by atoms with Crippen LogP contribution < -0.4 is 5.32 Å². The van der Waals surface area contributed by atoms with E-state index >= 15 is 0 Å². The van der Waals surface area contributed by atoms with Gasteiger partial charge in [-0.2, -0.15) is 0 Å². The summed E-state index contributed by atoms with van der Waals surface area (Å²) in [4.78, 5) is 24.9. The Morgan fingerprint density at radius 2 is 2.21 bits per heavy atom. The lowest BCUT2D eigenvalue weighted by Gasteiger charge is -2.19. The summed E-state index contributed by atoms with van der Waals surface area (Å²) in [6.07, 6.45) is 0. The van der Waals surface area contributed by atoms with Crippen LogP contribution in [0.1, 0.15) is 24.1 Å². The predicted molar refractivity (Wildman–Crippen MR) is 77.2 cm³/mol. The van der Waals surface area contributed by atoms with Crippen LogP contribution in [0.15, 0.2) is 24.3 Å². The largest absolute Gasteiger partial charge is 0.348 e. The number of carbonyl (C=O) groups is 2. The van der Waals surface area contributed by atoms with Crippen LogP contribution in [0.25, 0.3) is 0 Å². The maximum absolute atomic E-state index is 11.9. The third-order valence-electron chi connectivity index (χ3n) is 3.21. The molecule has 1 heterocycles. The lowest BCUT2D eigenvalue weighted by molar-refractivity contribution is -0.122. The Bertz CT molecular complexity index is 490. The van der Waals surface area contributed by atoms with Crippen molar-refractivity contribution in [2.24, 2.45) is 0 Å². The number of aryl methyl sites for hydroxylation is 1. The standard InChI is InChI=1S/C14H18N2O2S/c1-10-5-3-4-6-12(10)11(2)15-13(17)9-16-7-8-19-14(16)18/h3-6,11H,7-9H2,1-2H3,(H,15,17)/t11-/m1/s1. The summed E-state index contributed by atoms with van der Waals surface area (Å²) in [6.45, 7) is 4.80. The molecule has 1 fully saturated rings. The molecule has 1 atom stereocenters. The normalized spacial score (nSPS) is 16.5. The quantitative estimate of drug-likeness (QED) is 0.919. The number of carbonyl (C=O) groups excluding carboxylic acids is 2. The molecular weight excluding hydrogens is 260 g/mol. The van der Waals surface area contributed by atoms with Gasteiger partial charge in [-0.1, -0.05) is 36.0 Å². The number of hydrogen-bond donors (Lipinski definition) is 1. The molecule has 0 saturated carbocycles. The van der Waals surface area contributed by atoms with E-state index in [1.54, 1.807) is 4.90 Å². The van der Waals surface area contributed by atoms with Crippen molar-refractivity contribution < 1.29 is 9.59 Å². The molecule has 1 saturated heterocycles. The maximum Gasteiger partial charge on any atom is 0.282 e. The minimum atomic E-state index is -0.105. The number of benzene rings is 1.